The summed E-state index contributed by atoms with van der Waals surface area (Å²) in [6, 6.07) is 5.53. The molecule has 2 heterocycles. The van der Waals surface area contributed by atoms with Gasteiger partial charge in [-0.15, -0.1) is 11.3 Å². The second-order valence-electron chi connectivity index (χ2n) is 5.86. The fourth-order valence-electron chi connectivity index (χ4n) is 2.82. The lowest BCUT2D eigenvalue weighted by molar-refractivity contribution is -0.123. The number of carbonyl (C=O) groups is 1. The van der Waals surface area contributed by atoms with Gasteiger partial charge < -0.3 is 16.2 Å². The fraction of sp³-hybridized carbons (Fsp3) is 0.438. The first kappa shape index (κ1) is 15.9. The van der Waals surface area contributed by atoms with Gasteiger partial charge in [0, 0.05) is 18.0 Å². The second-order valence-corrected chi connectivity index (χ2v) is 6.75. The largest absolute Gasteiger partial charge is 0.393 e. The molecule has 0 bridgehead atoms. The number of anilines is 1. The highest BCUT2D eigenvalue weighted by Gasteiger charge is 2.36. The van der Waals surface area contributed by atoms with E-state index in [4.69, 9.17) is 5.73 Å². The average Bonchev–Trinajstić information content (AvgIpc) is 2.94. The van der Waals surface area contributed by atoms with Crippen LogP contribution < -0.4 is 11.1 Å². The number of aliphatic hydroxyl groups excluding tert-OH is 1. The molecule has 0 radical (unpaired) electrons. The monoisotopic (exact) mass is 332 g/mol. The van der Waals surface area contributed by atoms with Crippen molar-refractivity contribution in [1.82, 2.24) is 15.3 Å². The molecule has 1 amide bonds. The number of hydrogen-bond donors (Lipinski definition) is 3. The molecule has 122 valence electrons. The van der Waals surface area contributed by atoms with Gasteiger partial charge in [-0.1, -0.05) is 6.07 Å². The molecule has 1 saturated carbocycles. The molecule has 0 spiro atoms. The summed E-state index contributed by atoms with van der Waals surface area (Å²) in [7, 11) is 0. The van der Waals surface area contributed by atoms with Gasteiger partial charge in [0.15, 0.2) is 5.13 Å². The number of thiazole rings is 1. The van der Waals surface area contributed by atoms with E-state index in [0.717, 1.165) is 11.4 Å². The molecule has 1 aliphatic rings. The highest BCUT2D eigenvalue weighted by molar-refractivity contribution is 7.13. The van der Waals surface area contributed by atoms with Crippen LogP contribution in [-0.4, -0.2) is 27.1 Å². The summed E-state index contributed by atoms with van der Waals surface area (Å²) in [5.74, 6) is 0.201. The molecule has 23 heavy (non-hydrogen) atoms. The Labute approximate surface area is 138 Å². The van der Waals surface area contributed by atoms with Gasteiger partial charge in [-0.2, -0.15) is 0 Å². The molecule has 0 aromatic carbocycles. The van der Waals surface area contributed by atoms with Crippen LogP contribution in [0.4, 0.5) is 5.13 Å². The zero-order valence-corrected chi connectivity index (χ0v) is 13.5. The lowest BCUT2D eigenvalue weighted by Crippen LogP contribution is -2.41. The van der Waals surface area contributed by atoms with E-state index in [2.05, 4.69) is 15.3 Å². The molecule has 0 saturated heterocycles. The number of rotatable bonds is 6. The maximum atomic E-state index is 12.3. The molecule has 2 aromatic rings. The van der Waals surface area contributed by atoms with Crippen LogP contribution in [0.1, 0.15) is 36.7 Å². The second kappa shape index (κ2) is 7.06. The van der Waals surface area contributed by atoms with Crippen LogP contribution in [0.3, 0.4) is 0 Å². The number of amides is 1. The Bertz CT molecular complexity index is 655. The van der Waals surface area contributed by atoms with E-state index < -0.39 is 0 Å². The Kier molecular flexibility index (Phi) is 4.88. The smallest absolute Gasteiger partial charge is 0.220 e. The molecular formula is C16H20N4O2S. The van der Waals surface area contributed by atoms with Gasteiger partial charge in [0.25, 0.3) is 0 Å². The minimum atomic E-state index is -0.263. The summed E-state index contributed by atoms with van der Waals surface area (Å²) >= 11 is 1.38. The van der Waals surface area contributed by atoms with Gasteiger partial charge >= 0.3 is 0 Å². The summed E-state index contributed by atoms with van der Waals surface area (Å²) in [4.78, 5) is 20.8. The van der Waals surface area contributed by atoms with Crippen LogP contribution in [0, 0.1) is 5.92 Å². The maximum absolute atomic E-state index is 12.3. The van der Waals surface area contributed by atoms with Crippen LogP contribution in [0.5, 0.6) is 0 Å². The predicted octanol–water partition coefficient (Wildman–Crippen LogP) is 1.68. The van der Waals surface area contributed by atoms with Crippen LogP contribution in [0.15, 0.2) is 29.8 Å². The first-order valence-electron chi connectivity index (χ1n) is 7.70. The van der Waals surface area contributed by atoms with Crippen molar-refractivity contribution in [3.8, 4) is 0 Å². The summed E-state index contributed by atoms with van der Waals surface area (Å²) in [5.41, 5.74) is 7.28. The van der Waals surface area contributed by atoms with Crippen LogP contribution >= 0.6 is 11.3 Å². The Morgan fingerprint density at radius 2 is 2.30 bits per heavy atom. The van der Waals surface area contributed by atoms with Gasteiger partial charge in [-0.25, -0.2) is 4.98 Å². The van der Waals surface area contributed by atoms with Crippen molar-refractivity contribution in [1.29, 1.82) is 0 Å². The Morgan fingerprint density at radius 3 is 2.91 bits per heavy atom. The van der Waals surface area contributed by atoms with E-state index in [9.17, 15) is 9.90 Å². The topological polar surface area (TPSA) is 101 Å². The quantitative estimate of drug-likeness (QED) is 0.747. The molecule has 7 heteroatoms. The molecule has 1 aliphatic carbocycles. The molecule has 4 N–H and O–H groups in total. The fourth-order valence-corrected chi connectivity index (χ4v) is 3.42. The average molecular weight is 332 g/mol. The zero-order valence-electron chi connectivity index (χ0n) is 12.7. The Hall–Kier alpha value is -1.99. The molecular weight excluding hydrogens is 312 g/mol. The Balaban J connectivity index is 1.60. The molecule has 1 fully saturated rings. The van der Waals surface area contributed by atoms with Crippen LogP contribution in [0.2, 0.25) is 0 Å². The van der Waals surface area contributed by atoms with Crippen molar-refractivity contribution >= 4 is 22.4 Å². The van der Waals surface area contributed by atoms with E-state index in [0.29, 0.717) is 30.8 Å². The van der Waals surface area contributed by atoms with Gasteiger partial charge in [0.05, 0.1) is 23.5 Å². The third-order valence-corrected chi connectivity index (χ3v) is 4.84. The van der Waals surface area contributed by atoms with E-state index in [1.165, 1.54) is 11.3 Å². The molecule has 2 aromatic heterocycles. The number of aromatic nitrogens is 2. The summed E-state index contributed by atoms with van der Waals surface area (Å²) in [6.45, 7) is 0. The molecule has 1 atom stereocenters. The number of pyridine rings is 1. The lowest BCUT2D eigenvalue weighted by atomic mass is 9.76. The summed E-state index contributed by atoms with van der Waals surface area (Å²) in [5, 5.41) is 15.0. The molecule has 0 aliphatic heterocycles. The number of aliphatic hydroxyl groups is 1. The van der Waals surface area contributed by atoms with Crippen LogP contribution in [0.25, 0.3) is 0 Å². The zero-order chi connectivity index (χ0) is 16.2. The first-order chi connectivity index (χ1) is 11.1. The van der Waals surface area contributed by atoms with Crippen molar-refractivity contribution in [2.75, 3.05) is 5.73 Å². The van der Waals surface area contributed by atoms with E-state index in [1.807, 2.05) is 23.6 Å². The molecule has 0 unspecified atom stereocenters. The highest BCUT2D eigenvalue weighted by atomic mass is 32.1. The maximum Gasteiger partial charge on any atom is 0.220 e. The lowest BCUT2D eigenvalue weighted by Gasteiger charge is -2.37. The minimum absolute atomic E-state index is 0.0337. The van der Waals surface area contributed by atoms with Gasteiger partial charge in [0.2, 0.25) is 5.91 Å². The third kappa shape index (κ3) is 4.05. The SMILES string of the molecule is Nc1nc(CCC(=O)N[C@@H](c2ccccn2)C2CC(O)C2)cs1. The third-order valence-electron chi connectivity index (χ3n) is 4.12. The first-order valence-corrected chi connectivity index (χ1v) is 8.58. The van der Waals surface area contributed by atoms with Gasteiger partial charge in [-0.05, 0) is 37.3 Å². The van der Waals surface area contributed by atoms with Crippen molar-refractivity contribution in [2.24, 2.45) is 5.92 Å². The number of nitrogens with two attached hydrogens (primary N) is 1. The van der Waals surface area contributed by atoms with Gasteiger partial charge in [0.1, 0.15) is 0 Å². The normalized spacial score (nSPS) is 21.4. The predicted molar refractivity (Wildman–Crippen MR) is 88.7 cm³/mol. The van der Waals surface area contributed by atoms with Crippen molar-refractivity contribution in [3.05, 3.63) is 41.2 Å². The van der Waals surface area contributed by atoms with Crippen LogP contribution in [-0.2, 0) is 11.2 Å². The number of aryl methyl sites for hydroxylation is 1. The van der Waals surface area contributed by atoms with E-state index in [1.54, 1.807) is 6.20 Å². The minimum Gasteiger partial charge on any atom is -0.393 e. The van der Waals surface area contributed by atoms with Crippen molar-refractivity contribution in [3.63, 3.8) is 0 Å². The number of hydrogen-bond acceptors (Lipinski definition) is 6. The number of nitrogen functional groups attached to an aromatic ring is 1. The standard InChI is InChI=1S/C16H20N4O2S/c17-16-19-11(9-23-16)4-5-14(22)20-15(10-7-12(21)8-10)13-3-1-2-6-18-13/h1-3,6,9-10,12,15,21H,4-5,7-8H2,(H2,17,19)(H,20,22)/t10?,12?,15-/m1/s1. The molecule has 3 rings (SSSR count). The Morgan fingerprint density at radius 1 is 1.48 bits per heavy atom. The number of carbonyl (C=O) groups excluding carboxylic acids is 1. The molecule has 6 nitrogen and oxygen atoms in total. The summed E-state index contributed by atoms with van der Waals surface area (Å²) in [6.07, 6.45) is 3.79. The van der Waals surface area contributed by atoms with Crippen molar-refractivity contribution in [2.45, 2.75) is 37.8 Å². The van der Waals surface area contributed by atoms with E-state index in [-0.39, 0.29) is 24.0 Å². The number of nitrogens with zero attached hydrogens (tertiary/aromatic N) is 2. The van der Waals surface area contributed by atoms with E-state index >= 15 is 0 Å². The highest BCUT2D eigenvalue weighted by Crippen LogP contribution is 2.37. The summed E-state index contributed by atoms with van der Waals surface area (Å²) < 4.78 is 0. The number of nitrogens with one attached hydrogen (secondary N) is 1. The van der Waals surface area contributed by atoms with Crippen molar-refractivity contribution < 1.29 is 9.90 Å². The van der Waals surface area contributed by atoms with Gasteiger partial charge in [-0.3, -0.25) is 9.78 Å².